The number of aliphatic carboxylic acids is 1. The van der Waals surface area contributed by atoms with Gasteiger partial charge >= 0.3 is 5.97 Å². The molecule has 1 amide bonds. The van der Waals surface area contributed by atoms with Gasteiger partial charge in [0.2, 0.25) is 5.91 Å². The Morgan fingerprint density at radius 3 is 2.67 bits per heavy atom. The van der Waals surface area contributed by atoms with Crippen LogP contribution >= 0.6 is 0 Å². The lowest BCUT2D eigenvalue weighted by Gasteiger charge is -2.02. The fourth-order valence-corrected chi connectivity index (χ4v) is 0.971. The highest BCUT2D eigenvalue weighted by Gasteiger charge is 2.01. The molecule has 5 nitrogen and oxygen atoms in total. The van der Waals surface area contributed by atoms with Crippen LogP contribution in [0.3, 0.4) is 0 Å². The quantitative estimate of drug-likeness (QED) is 0.533. The Bertz CT molecular complexity index is 238. The molecule has 0 saturated carbocycles. The van der Waals surface area contributed by atoms with Gasteiger partial charge in [-0.05, 0) is 6.42 Å². The third-order valence-electron chi connectivity index (χ3n) is 1.68. The zero-order valence-electron chi connectivity index (χ0n) is 8.77. The lowest BCUT2D eigenvalue weighted by molar-refractivity contribution is -0.137. The summed E-state index contributed by atoms with van der Waals surface area (Å²) in [5.41, 5.74) is 0. The van der Waals surface area contributed by atoms with E-state index in [1.807, 2.05) is 6.92 Å². The number of carbonyl (C=O) groups is 2. The van der Waals surface area contributed by atoms with Crippen molar-refractivity contribution in [2.75, 3.05) is 6.54 Å². The summed E-state index contributed by atoms with van der Waals surface area (Å²) >= 11 is 0. The van der Waals surface area contributed by atoms with Gasteiger partial charge in [0.15, 0.2) is 0 Å². The smallest absolute Gasteiger partial charge is 0.322 e. The molecule has 15 heavy (non-hydrogen) atoms. The van der Waals surface area contributed by atoms with Crippen molar-refractivity contribution in [2.45, 2.75) is 32.3 Å². The molecular formula is C10H17NO4. The topological polar surface area (TPSA) is 86.6 Å². The summed E-state index contributed by atoms with van der Waals surface area (Å²) in [6, 6.07) is 0. The van der Waals surface area contributed by atoms with Crippen LogP contribution in [0.1, 0.15) is 26.2 Å². The summed E-state index contributed by atoms with van der Waals surface area (Å²) in [7, 11) is 0. The van der Waals surface area contributed by atoms with Gasteiger partial charge in [-0.15, -0.1) is 0 Å². The standard InChI is InChI=1S/C10H17NO4/c1-2-4-8(12)5-3-6-9(13)11-7-10(14)15/h3,5,8,12H,2,4,6-7H2,1H3,(H,11,13)(H,14,15)/b5-3+. The van der Waals surface area contributed by atoms with Crippen molar-refractivity contribution in [3.8, 4) is 0 Å². The van der Waals surface area contributed by atoms with Crippen LogP contribution in [-0.2, 0) is 9.59 Å². The molecule has 0 radical (unpaired) electrons. The predicted octanol–water partition coefficient (Wildman–Crippen LogP) is 0.294. The minimum Gasteiger partial charge on any atom is -0.480 e. The Hall–Kier alpha value is -1.36. The molecule has 5 heteroatoms. The van der Waals surface area contributed by atoms with Crippen molar-refractivity contribution in [3.05, 3.63) is 12.2 Å². The van der Waals surface area contributed by atoms with E-state index in [2.05, 4.69) is 5.32 Å². The fraction of sp³-hybridized carbons (Fsp3) is 0.600. The maximum atomic E-state index is 11.0. The molecule has 0 bridgehead atoms. The molecule has 0 saturated heterocycles. The van der Waals surface area contributed by atoms with Crippen LogP contribution in [0.4, 0.5) is 0 Å². The van der Waals surface area contributed by atoms with E-state index >= 15 is 0 Å². The highest BCUT2D eigenvalue weighted by atomic mass is 16.4. The minimum atomic E-state index is -1.07. The first-order valence-corrected chi connectivity index (χ1v) is 4.89. The van der Waals surface area contributed by atoms with Crippen molar-refractivity contribution >= 4 is 11.9 Å². The maximum Gasteiger partial charge on any atom is 0.322 e. The zero-order chi connectivity index (χ0) is 11.7. The lowest BCUT2D eigenvalue weighted by Crippen LogP contribution is -2.28. The Kier molecular flexibility index (Phi) is 7.27. The summed E-state index contributed by atoms with van der Waals surface area (Å²) in [5.74, 6) is -1.43. The molecule has 0 aromatic rings. The second-order valence-corrected chi connectivity index (χ2v) is 3.16. The number of rotatable bonds is 7. The van der Waals surface area contributed by atoms with Gasteiger partial charge < -0.3 is 15.5 Å². The van der Waals surface area contributed by atoms with E-state index in [9.17, 15) is 14.7 Å². The van der Waals surface area contributed by atoms with Crippen LogP contribution in [0.15, 0.2) is 12.2 Å². The van der Waals surface area contributed by atoms with Crippen LogP contribution in [-0.4, -0.2) is 34.7 Å². The Balaban J connectivity index is 3.65. The molecular weight excluding hydrogens is 198 g/mol. The normalized spacial score (nSPS) is 12.7. The van der Waals surface area contributed by atoms with Crippen molar-refractivity contribution in [1.82, 2.24) is 5.32 Å². The number of aliphatic hydroxyl groups excluding tert-OH is 1. The lowest BCUT2D eigenvalue weighted by atomic mass is 10.2. The number of carboxylic acids is 1. The fourth-order valence-electron chi connectivity index (χ4n) is 0.971. The van der Waals surface area contributed by atoms with Crippen molar-refractivity contribution in [3.63, 3.8) is 0 Å². The van der Waals surface area contributed by atoms with Crippen LogP contribution in [0.2, 0.25) is 0 Å². The molecule has 3 N–H and O–H groups in total. The second kappa shape index (κ2) is 7.99. The number of hydrogen-bond acceptors (Lipinski definition) is 3. The monoisotopic (exact) mass is 215 g/mol. The second-order valence-electron chi connectivity index (χ2n) is 3.16. The van der Waals surface area contributed by atoms with Crippen LogP contribution in [0.25, 0.3) is 0 Å². The van der Waals surface area contributed by atoms with Gasteiger partial charge in [-0.25, -0.2) is 0 Å². The third-order valence-corrected chi connectivity index (χ3v) is 1.68. The first-order valence-electron chi connectivity index (χ1n) is 4.89. The van der Waals surface area contributed by atoms with Crippen LogP contribution in [0.5, 0.6) is 0 Å². The van der Waals surface area contributed by atoms with E-state index in [4.69, 9.17) is 5.11 Å². The highest BCUT2D eigenvalue weighted by Crippen LogP contribution is 1.98. The first kappa shape index (κ1) is 13.6. The Labute approximate surface area is 88.8 Å². The van der Waals surface area contributed by atoms with Gasteiger partial charge in [0.05, 0.1) is 6.10 Å². The van der Waals surface area contributed by atoms with E-state index in [0.717, 1.165) is 6.42 Å². The molecule has 1 atom stereocenters. The summed E-state index contributed by atoms with van der Waals surface area (Å²) in [5, 5.41) is 19.8. The van der Waals surface area contributed by atoms with E-state index in [0.29, 0.717) is 6.42 Å². The predicted molar refractivity (Wildman–Crippen MR) is 55.3 cm³/mol. The van der Waals surface area contributed by atoms with Gasteiger partial charge in [0, 0.05) is 6.42 Å². The third kappa shape index (κ3) is 8.96. The summed E-state index contributed by atoms with van der Waals surface area (Å²) < 4.78 is 0. The summed E-state index contributed by atoms with van der Waals surface area (Å²) in [6.45, 7) is 1.58. The maximum absolute atomic E-state index is 11.0. The molecule has 0 heterocycles. The average molecular weight is 215 g/mol. The molecule has 0 aromatic carbocycles. The largest absolute Gasteiger partial charge is 0.480 e. The Morgan fingerprint density at radius 1 is 1.47 bits per heavy atom. The molecule has 86 valence electrons. The zero-order valence-corrected chi connectivity index (χ0v) is 8.77. The van der Waals surface area contributed by atoms with Crippen LogP contribution in [0, 0.1) is 0 Å². The van der Waals surface area contributed by atoms with Gasteiger partial charge in [-0.2, -0.15) is 0 Å². The van der Waals surface area contributed by atoms with Gasteiger partial charge in [0.25, 0.3) is 0 Å². The van der Waals surface area contributed by atoms with E-state index in [1.165, 1.54) is 6.08 Å². The van der Waals surface area contributed by atoms with Crippen molar-refractivity contribution in [2.24, 2.45) is 0 Å². The number of amides is 1. The molecule has 0 aliphatic rings. The highest BCUT2D eigenvalue weighted by molar-refractivity contribution is 5.81. The number of carbonyl (C=O) groups excluding carboxylic acids is 1. The van der Waals surface area contributed by atoms with Crippen molar-refractivity contribution in [1.29, 1.82) is 0 Å². The molecule has 0 aromatic heterocycles. The van der Waals surface area contributed by atoms with E-state index < -0.39 is 12.1 Å². The number of aliphatic hydroxyl groups is 1. The van der Waals surface area contributed by atoms with Gasteiger partial charge in [0.1, 0.15) is 6.54 Å². The molecule has 0 aliphatic heterocycles. The Morgan fingerprint density at radius 2 is 2.13 bits per heavy atom. The van der Waals surface area contributed by atoms with E-state index in [1.54, 1.807) is 6.08 Å². The van der Waals surface area contributed by atoms with Crippen molar-refractivity contribution < 1.29 is 19.8 Å². The molecule has 0 rings (SSSR count). The average Bonchev–Trinajstić information content (AvgIpc) is 2.15. The van der Waals surface area contributed by atoms with Gasteiger partial charge in [-0.1, -0.05) is 25.5 Å². The summed E-state index contributed by atoms with van der Waals surface area (Å²) in [6.07, 6.45) is 4.18. The van der Waals surface area contributed by atoms with Gasteiger partial charge in [-0.3, -0.25) is 9.59 Å². The molecule has 1 unspecified atom stereocenters. The first-order chi connectivity index (χ1) is 7.06. The number of nitrogens with one attached hydrogen (secondary N) is 1. The summed E-state index contributed by atoms with van der Waals surface area (Å²) in [4.78, 5) is 21.1. The molecule has 0 spiro atoms. The SMILES string of the molecule is CCCC(O)/C=C/CC(=O)NCC(=O)O. The van der Waals surface area contributed by atoms with E-state index in [-0.39, 0.29) is 18.9 Å². The molecule has 0 fully saturated rings. The minimum absolute atomic E-state index is 0.0913. The van der Waals surface area contributed by atoms with Crippen LogP contribution < -0.4 is 5.32 Å². The number of hydrogen-bond donors (Lipinski definition) is 3. The molecule has 0 aliphatic carbocycles. The number of carboxylic acid groups (broad SMARTS) is 1.